The van der Waals surface area contributed by atoms with E-state index in [4.69, 9.17) is 14.2 Å². The van der Waals surface area contributed by atoms with Gasteiger partial charge >= 0.3 is 0 Å². The van der Waals surface area contributed by atoms with Gasteiger partial charge in [-0.2, -0.15) is 0 Å². The fourth-order valence-electron chi connectivity index (χ4n) is 3.09. The summed E-state index contributed by atoms with van der Waals surface area (Å²) in [5, 5.41) is 3.07. The average molecular weight is 325 g/mol. The number of benzene rings is 2. The van der Waals surface area contributed by atoms with Gasteiger partial charge in [0.05, 0.1) is 12.0 Å². The molecule has 0 saturated carbocycles. The number of hydrogen-bond donors (Lipinski definition) is 1. The molecule has 0 saturated heterocycles. The quantitative estimate of drug-likeness (QED) is 0.943. The van der Waals surface area contributed by atoms with Crippen molar-refractivity contribution in [1.82, 2.24) is 5.32 Å². The number of para-hydroxylation sites is 1. The zero-order chi connectivity index (χ0) is 16.5. The van der Waals surface area contributed by atoms with Gasteiger partial charge in [-0.3, -0.25) is 4.79 Å². The predicted octanol–water partition coefficient (Wildman–Crippen LogP) is 2.84. The van der Waals surface area contributed by atoms with E-state index in [9.17, 15) is 4.79 Å². The Bertz CT molecular complexity index is 774. The number of hydrogen-bond acceptors (Lipinski definition) is 4. The van der Waals surface area contributed by atoms with Crippen molar-refractivity contribution in [2.45, 2.75) is 19.4 Å². The summed E-state index contributed by atoms with van der Waals surface area (Å²) < 4.78 is 16.4. The van der Waals surface area contributed by atoms with Crippen LogP contribution in [-0.4, -0.2) is 19.3 Å². The van der Waals surface area contributed by atoms with E-state index in [-0.39, 0.29) is 24.7 Å². The Labute approximate surface area is 140 Å². The lowest BCUT2D eigenvalue weighted by atomic mass is 9.95. The van der Waals surface area contributed by atoms with E-state index < -0.39 is 0 Å². The van der Waals surface area contributed by atoms with Crippen molar-refractivity contribution in [3.05, 3.63) is 53.6 Å². The topological polar surface area (TPSA) is 56.8 Å². The van der Waals surface area contributed by atoms with Crippen LogP contribution in [0, 0.1) is 5.92 Å². The number of fused-ring (bicyclic) bond motifs is 2. The Morgan fingerprint density at radius 2 is 1.92 bits per heavy atom. The van der Waals surface area contributed by atoms with Gasteiger partial charge in [-0.05, 0) is 42.7 Å². The zero-order valence-electron chi connectivity index (χ0n) is 13.5. The first-order valence-corrected chi connectivity index (χ1v) is 8.11. The molecule has 0 radical (unpaired) electrons. The van der Waals surface area contributed by atoms with Gasteiger partial charge in [0.15, 0.2) is 11.5 Å². The SMILES string of the molecule is CC(NC(=O)C1COc2ccccc2C1)c1ccc2c(c1)OCO2. The second-order valence-corrected chi connectivity index (χ2v) is 6.16. The van der Waals surface area contributed by atoms with Gasteiger partial charge in [-0.15, -0.1) is 0 Å². The van der Waals surface area contributed by atoms with Crippen molar-refractivity contribution < 1.29 is 19.0 Å². The molecule has 1 amide bonds. The molecule has 5 nitrogen and oxygen atoms in total. The van der Waals surface area contributed by atoms with Crippen molar-refractivity contribution in [2.75, 3.05) is 13.4 Å². The van der Waals surface area contributed by atoms with Crippen LogP contribution < -0.4 is 19.5 Å². The van der Waals surface area contributed by atoms with Gasteiger partial charge in [0.25, 0.3) is 0 Å². The molecule has 2 aromatic carbocycles. The van der Waals surface area contributed by atoms with Crippen molar-refractivity contribution in [1.29, 1.82) is 0 Å². The Morgan fingerprint density at radius 1 is 1.08 bits per heavy atom. The molecule has 2 unspecified atom stereocenters. The first-order valence-electron chi connectivity index (χ1n) is 8.11. The third-order valence-corrected chi connectivity index (χ3v) is 4.51. The summed E-state index contributed by atoms with van der Waals surface area (Å²) in [7, 11) is 0. The molecule has 4 rings (SSSR count). The Hall–Kier alpha value is -2.69. The highest BCUT2D eigenvalue weighted by Gasteiger charge is 2.27. The summed E-state index contributed by atoms with van der Waals surface area (Å²) in [6.07, 6.45) is 0.704. The van der Waals surface area contributed by atoms with Gasteiger partial charge in [0, 0.05) is 0 Å². The molecule has 0 fully saturated rings. The van der Waals surface area contributed by atoms with Gasteiger partial charge in [-0.1, -0.05) is 24.3 Å². The summed E-state index contributed by atoms with van der Waals surface area (Å²) in [6, 6.07) is 13.5. The van der Waals surface area contributed by atoms with Crippen molar-refractivity contribution in [3.8, 4) is 17.2 Å². The molecular weight excluding hydrogens is 306 g/mol. The van der Waals surface area contributed by atoms with Crippen LogP contribution >= 0.6 is 0 Å². The van der Waals surface area contributed by atoms with Crippen LogP contribution in [0.15, 0.2) is 42.5 Å². The van der Waals surface area contributed by atoms with Crippen LogP contribution in [0.3, 0.4) is 0 Å². The fourth-order valence-corrected chi connectivity index (χ4v) is 3.09. The van der Waals surface area contributed by atoms with Gasteiger partial charge in [-0.25, -0.2) is 0 Å². The van der Waals surface area contributed by atoms with E-state index in [2.05, 4.69) is 5.32 Å². The highest BCUT2D eigenvalue weighted by atomic mass is 16.7. The van der Waals surface area contributed by atoms with E-state index in [0.29, 0.717) is 13.0 Å². The molecule has 5 heteroatoms. The fraction of sp³-hybridized carbons (Fsp3) is 0.316. The minimum Gasteiger partial charge on any atom is -0.492 e. The van der Waals surface area contributed by atoms with E-state index in [1.807, 2.05) is 49.4 Å². The number of nitrogens with one attached hydrogen (secondary N) is 1. The molecule has 124 valence electrons. The highest BCUT2D eigenvalue weighted by Crippen LogP contribution is 2.34. The molecular formula is C19H19NO4. The minimum atomic E-state index is -0.170. The number of rotatable bonds is 3. The van der Waals surface area contributed by atoms with Crippen LogP contribution in [0.25, 0.3) is 0 Å². The van der Waals surface area contributed by atoms with Crippen LogP contribution in [0.2, 0.25) is 0 Å². The maximum Gasteiger partial charge on any atom is 0.231 e. The lowest BCUT2D eigenvalue weighted by molar-refractivity contribution is -0.126. The van der Waals surface area contributed by atoms with Crippen LogP contribution in [0.4, 0.5) is 0 Å². The van der Waals surface area contributed by atoms with Gasteiger partial charge in [0.1, 0.15) is 12.4 Å². The summed E-state index contributed by atoms with van der Waals surface area (Å²) >= 11 is 0. The highest BCUT2D eigenvalue weighted by molar-refractivity contribution is 5.80. The largest absolute Gasteiger partial charge is 0.492 e. The van der Waals surface area contributed by atoms with E-state index in [1.165, 1.54) is 0 Å². The molecule has 2 aromatic rings. The molecule has 2 heterocycles. The van der Waals surface area contributed by atoms with Gasteiger partial charge in [0.2, 0.25) is 12.7 Å². The lowest BCUT2D eigenvalue weighted by Crippen LogP contribution is -2.38. The zero-order valence-corrected chi connectivity index (χ0v) is 13.5. The van der Waals surface area contributed by atoms with Crippen LogP contribution in [0.5, 0.6) is 17.2 Å². The van der Waals surface area contributed by atoms with E-state index in [1.54, 1.807) is 0 Å². The predicted molar refractivity (Wildman–Crippen MR) is 88.3 cm³/mol. The number of ether oxygens (including phenoxy) is 3. The smallest absolute Gasteiger partial charge is 0.231 e. The summed E-state index contributed by atoms with van der Waals surface area (Å²) in [6.45, 7) is 2.63. The summed E-state index contributed by atoms with van der Waals surface area (Å²) in [4.78, 5) is 12.6. The van der Waals surface area contributed by atoms with Crippen molar-refractivity contribution >= 4 is 5.91 Å². The molecule has 0 aromatic heterocycles. The lowest BCUT2D eigenvalue weighted by Gasteiger charge is -2.26. The third kappa shape index (κ3) is 2.77. The van der Waals surface area contributed by atoms with Crippen molar-refractivity contribution in [3.63, 3.8) is 0 Å². The summed E-state index contributed by atoms with van der Waals surface area (Å²) in [5.41, 5.74) is 2.07. The standard InChI is InChI=1S/C19H19NO4/c1-12(13-6-7-17-18(9-13)24-11-23-17)20-19(21)15-8-14-4-2-3-5-16(14)22-10-15/h2-7,9,12,15H,8,10-11H2,1H3,(H,20,21). The van der Waals surface area contributed by atoms with E-state index >= 15 is 0 Å². The van der Waals surface area contributed by atoms with Crippen molar-refractivity contribution in [2.24, 2.45) is 5.92 Å². The molecule has 1 N–H and O–H groups in total. The molecule has 2 aliphatic heterocycles. The first-order chi connectivity index (χ1) is 11.7. The van der Waals surface area contributed by atoms with E-state index in [0.717, 1.165) is 28.4 Å². The number of carbonyl (C=O) groups excluding carboxylic acids is 1. The second-order valence-electron chi connectivity index (χ2n) is 6.16. The third-order valence-electron chi connectivity index (χ3n) is 4.51. The molecule has 0 spiro atoms. The second kappa shape index (κ2) is 6.07. The molecule has 2 atom stereocenters. The maximum atomic E-state index is 12.6. The number of amides is 1. The van der Waals surface area contributed by atoms with Crippen LogP contribution in [0.1, 0.15) is 24.1 Å². The maximum absolute atomic E-state index is 12.6. The Balaban J connectivity index is 1.43. The monoisotopic (exact) mass is 325 g/mol. The Kier molecular flexibility index (Phi) is 3.76. The van der Waals surface area contributed by atoms with Crippen LogP contribution in [-0.2, 0) is 11.2 Å². The first kappa shape index (κ1) is 14.9. The molecule has 2 aliphatic rings. The minimum absolute atomic E-state index is 0.00895. The van der Waals surface area contributed by atoms with Gasteiger partial charge < -0.3 is 19.5 Å². The Morgan fingerprint density at radius 3 is 2.83 bits per heavy atom. The molecule has 24 heavy (non-hydrogen) atoms. The summed E-state index contributed by atoms with van der Waals surface area (Å²) in [5.74, 6) is 2.19. The number of carbonyl (C=O) groups is 1. The average Bonchev–Trinajstić information content (AvgIpc) is 3.08. The molecule has 0 bridgehead atoms. The molecule has 0 aliphatic carbocycles. The normalized spacial score (nSPS) is 19.1.